The van der Waals surface area contributed by atoms with E-state index in [1.54, 1.807) is 0 Å². The zero-order chi connectivity index (χ0) is 20.7. The normalized spacial score (nSPS) is 21.2. The molecule has 0 aliphatic heterocycles. The van der Waals surface area contributed by atoms with E-state index in [1.165, 1.54) is 23.7 Å². The number of aliphatic hydroxyl groups excluding tert-OH is 1. The van der Waals surface area contributed by atoms with E-state index in [4.69, 9.17) is 0 Å². The lowest BCUT2D eigenvalue weighted by Crippen LogP contribution is -2.39. The summed E-state index contributed by atoms with van der Waals surface area (Å²) in [6, 6.07) is 2.73. The van der Waals surface area contributed by atoms with Crippen molar-refractivity contribution in [1.29, 1.82) is 0 Å². The fourth-order valence-corrected chi connectivity index (χ4v) is 4.18. The second-order valence-electron chi connectivity index (χ2n) is 7.57. The van der Waals surface area contributed by atoms with Crippen molar-refractivity contribution in [3.05, 3.63) is 39.7 Å². The molecule has 0 spiro atoms. The molecule has 0 bridgehead atoms. The van der Waals surface area contributed by atoms with Crippen LogP contribution in [0.2, 0.25) is 0 Å². The third-order valence-corrected chi connectivity index (χ3v) is 5.82. The summed E-state index contributed by atoms with van der Waals surface area (Å²) in [5.41, 5.74) is 0.511. The lowest BCUT2D eigenvalue weighted by Gasteiger charge is -2.28. The Hall–Kier alpha value is -2.81. The standard InChI is InChI=1S/C20H22F2N4O3/c1-26-19(13-9-6-10-11(16(13)28)7-8-12(10)17(21)22)25-24-18(20(26)29)23-14-4-2-3-5-15(14)27/h6,9,14-15,27-28H,2-5,7-8H2,1H3,(H,23,24)/t14-,15-/m1/s1. The van der Waals surface area contributed by atoms with Crippen LogP contribution in [-0.2, 0) is 13.5 Å². The summed E-state index contributed by atoms with van der Waals surface area (Å²) in [6.07, 6.45) is 1.47. The van der Waals surface area contributed by atoms with Gasteiger partial charge in [0.1, 0.15) is 5.75 Å². The fourth-order valence-electron chi connectivity index (χ4n) is 4.18. The monoisotopic (exact) mass is 404 g/mol. The highest BCUT2D eigenvalue weighted by Gasteiger charge is 2.28. The first-order chi connectivity index (χ1) is 13.9. The highest BCUT2D eigenvalue weighted by molar-refractivity contribution is 5.80. The van der Waals surface area contributed by atoms with Crippen molar-refractivity contribution >= 4 is 11.4 Å². The predicted molar refractivity (Wildman–Crippen MR) is 104 cm³/mol. The molecule has 1 heterocycles. The minimum Gasteiger partial charge on any atom is -0.507 e. The summed E-state index contributed by atoms with van der Waals surface area (Å²) in [7, 11) is 1.51. The number of aromatic nitrogens is 3. The van der Waals surface area contributed by atoms with Gasteiger partial charge < -0.3 is 15.5 Å². The molecule has 4 rings (SSSR count). The van der Waals surface area contributed by atoms with E-state index in [-0.39, 0.29) is 41.0 Å². The van der Waals surface area contributed by atoms with Gasteiger partial charge in [0.05, 0.1) is 17.7 Å². The molecule has 0 amide bonds. The highest BCUT2D eigenvalue weighted by atomic mass is 19.3. The van der Waals surface area contributed by atoms with Gasteiger partial charge in [-0.3, -0.25) is 9.36 Å². The number of fused-ring (bicyclic) bond motifs is 1. The molecule has 29 heavy (non-hydrogen) atoms. The predicted octanol–water partition coefficient (Wildman–Crippen LogP) is 2.82. The van der Waals surface area contributed by atoms with Crippen molar-refractivity contribution in [3.8, 4) is 17.1 Å². The van der Waals surface area contributed by atoms with Gasteiger partial charge >= 0.3 is 0 Å². The molecule has 7 nitrogen and oxygen atoms in total. The van der Waals surface area contributed by atoms with Crippen LogP contribution in [0.1, 0.15) is 43.2 Å². The lowest BCUT2D eigenvalue weighted by molar-refractivity contribution is 0.116. The van der Waals surface area contributed by atoms with Gasteiger partial charge in [-0.25, -0.2) is 0 Å². The molecule has 2 atom stereocenters. The second kappa shape index (κ2) is 7.55. The summed E-state index contributed by atoms with van der Waals surface area (Å²) in [4.78, 5) is 12.8. The number of hydrogen-bond acceptors (Lipinski definition) is 6. The van der Waals surface area contributed by atoms with Crippen molar-refractivity contribution in [3.63, 3.8) is 0 Å². The number of allylic oxidation sites excluding steroid dienone is 1. The van der Waals surface area contributed by atoms with E-state index in [0.717, 1.165) is 19.3 Å². The van der Waals surface area contributed by atoms with Crippen LogP contribution in [0.25, 0.3) is 17.0 Å². The maximum atomic E-state index is 13.1. The van der Waals surface area contributed by atoms with Crippen LogP contribution >= 0.6 is 0 Å². The summed E-state index contributed by atoms with van der Waals surface area (Å²) in [6.45, 7) is 0. The van der Waals surface area contributed by atoms with Crippen molar-refractivity contribution in [1.82, 2.24) is 14.8 Å². The largest absolute Gasteiger partial charge is 0.507 e. The van der Waals surface area contributed by atoms with E-state index in [1.807, 2.05) is 0 Å². The first-order valence-electron chi connectivity index (χ1n) is 9.66. The topological polar surface area (TPSA) is 100 Å². The fraction of sp³-hybridized carbons (Fsp3) is 0.450. The molecule has 3 N–H and O–H groups in total. The van der Waals surface area contributed by atoms with E-state index in [9.17, 15) is 23.8 Å². The molecule has 2 aliphatic carbocycles. The summed E-state index contributed by atoms with van der Waals surface area (Å²) < 4.78 is 27.4. The lowest BCUT2D eigenvalue weighted by atomic mass is 9.93. The quantitative estimate of drug-likeness (QED) is 0.727. The second-order valence-corrected chi connectivity index (χ2v) is 7.57. The van der Waals surface area contributed by atoms with Crippen LogP contribution in [-0.4, -0.2) is 37.1 Å². The number of aliphatic hydroxyl groups is 1. The van der Waals surface area contributed by atoms with Gasteiger partial charge in [-0.1, -0.05) is 18.9 Å². The van der Waals surface area contributed by atoms with Gasteiger partial charge in [0.2, 0.25) is 5.82 Å². The zero-order valence-corrected chi connectivity index (χ0v) is 16.0. The Labute approximate surface area is 165 Å². The van der Waals surface area contributed by atoms with Crippen LogP contribution < -0.4 is 10.9 Å². The molecule has 1 saturated carbocycles. The minimum absolute atomic E-state index is 0.0348. The van der Waals surface area contributed by atoms with Gasteiger partial charge in [-0.2, -0.15) is 8.78 Å². The molecule has 2 aromatic rings. The first kappa shape index (κ1) is 19.5. The Morgan fingerprint density at radius 3 is 2.62 bits per heavy atom. The number of hydrogen-bond donors (Lipinski definition) is 3. The molecule has 2 aliphatic rings. The Balaban J connectivity index is 1.70. The molecule has 1 fully saturated rings. The van der Waals surface area contributed by atoms with Crippen LogP contribution in [0.3, 0.4) is 0 Å². The SMILES string of the molecule is Cn1c(-c2ccc3c(c2O)CCC3=C(F)F)nnc(N[C@@H]2CCCC[C@H]2O)c1=O. The smallest absolute Gasteiger partial charge is 0.296 e. The number of nitrogens with one attached hydrogen (secondary N) is 1. The average Bonchev–Trinajstić information content (AvgIpc) is 3.13. The van der Waals surface area contributed by atoms with Crippen LogP contribution in [0, 0.1) is 0 Å². The Morgan fingerprint density at radius 1 is 1.17 bits per heavy atom. The Bertz CT molecular complexity index is 1050. The molecule has 9 heteroatoms. The van der Waals surface area contributed by atoms with Crippen LogP contribution in [0.15, 0.2) is 23.0 Å². The van der Waals surface area contributed by atoms with Crippen molar-refractivity contribution in [2.45, 2.75) is 50.7 Å². The van der Waals surface area contributed by atoms with E-state index in [2.05, 4.69) is 15.5 Å². The maximum Gasteiger partial charge on any atom is 0.296 e. The molecule has 1 aromatic carbocycles. The molecule has 154 valence electrons. The van der Waals surface area contributed by atoms with Gasteiger partial charge in [0.25, 0.3) is 11.6 Å². The van der Waals surface area contributed by atoms with E-state index >= 15 is 0 Å². The number of aromatic hydroxyl groups is 1. The Kier molecular flexibility index (Phi) is 5.08. The highest BCUT2D eigenvalue weighted by Crippen LogP contribution is 2.43. The molecule has 0 saturated heterocycles. The summed E-state index contributed by atoms with van der Waals surface area (Å²) in [5, 5.41) is 31.8. The van der Waals surface area contributed by atoms with E-state index in [0.29, 0.717) is 24.0 Å². The molecule has 1 aromatic heterocycles. The summed E-state index contributed by atoms with van der Waals surface area (Å²) in [5.74, 6) is 0.0159. The van der Waals surface area contributed by atoms with Crippen LogP contribution in [0.4, 0.5) is 14.6 Å². The number of phenolic OH excluding ortho intramolecular Hbond substituents is 1. The van der Waals surface area contributed by atoms with Gasteiger partial charge in [0.15, 0.2) is 5.82 Å². The third kappa shape index (κ3) is 3.39. The van der Waals surface area contributed by atoms with Crippen molar-refractivity contribution in [2.75, 3.05) is 5.32 Å². The summed E-state index contributed by atoms with van der Waals surface area (Å²) >= 11 is 0. The number of benzene rings is 1. The number of rotatable bonds is 3. The number of phenols is 1. The Morgan fingerprint density at radius 2 is 1.90 bits per heavy atom. The van der Waals surface area contributed by atoms with Gasteiger partial charge in [0, 0.05) is 18.2 Å². The first-order valence-corrected chi connectivity index (χ1v) is 9.66. The molecular formula is C20H22F2N4O3. The van der Waals surface area contributed by atoms with Gasteiger partial charge in [-0.05, 0) is 37.3 Å². The van der Waals surface area contributed by atoms with Crippen molar-refractivity contribution in [2.24, 2.45) is 7.05 Å². The molecular weight excluding hydrogens is 382 g/mol. The van der Waals surface area contributed by atoms with Gasteiger partial charge in [-0.15, -0.1) is 10.2 Å². The number of nitrogens with zero attached hydrogens (tertiary/aromatic N) is 3. The van der Waals surface area contributed by atoms with Crippen LogP contribution in [0.5, 0.6) is 5.75 Å². The van der Waals surface area contributed by atoms with Crippen molar-refractivity contribution < 1.29 is 19.0 Å². The molecule has 0 unspecified atom stereocenters. The number of anilines is 1. The average molecular weight is 404 g/mol. The number of halogens is 2. The minimum atomic E-state index is -1.75. The zero-order valence-electron chi connectivity index (χ0n) is 16.0. The third-order valence-electron chi connectivity index (χ3n) is 5.82. The molecule has 0 radical (unpaired) electrons. The van der Waals surface area contributed by atoms with E-state index < -0.39 is 17.7 Å². The maximum absolute atomic E-state index is 13.1.